The molecule has 0 aliphatic carbocycles. The number of furan rings is 1. The van der Waals surface area contributed by atoms with Crippen LogP contribution in [0.2, 0.25) is 0 Å². The molecule has 0 aliphatic heterocycles. The lowest BCUT2D eigenvalue weighted by Crippen LogP contribution is -2.46. The Hall–Kier alpha value is -3.61. The van der Waals surface area contributed by atoms with Crippen molar-refractivity contribution in [3.05, 3.63) is 74.9 Å². The van der Waals surface area contributed by atoms with Crippen molar-refractivity contribution in [1.82, 2.24) is 14.0 Å². The Morgan fingerprint density at radius 3 is 2.22 bits per heavy atom. The van der Waals surface area contributed by atoms with Crippen LogP contribution in [0.15, 0.2) is 62.5 Å². The van der Waals surface area contributed by atoms with Gasteiger partial charge in [-0.2, -0.15) is 0 Å². The highest BCUT2D eigenvalue weighted by atomic mass is 16.3. The Balaban J connectivity index is 2.04. The third-order valence-electron chi connectivity index (χ3n) is 5.64. The summed E-state index contributed by atoms with van der Waals surface area (Å²) < 4.78 is 8.32. The first-order valence-corrected chi connectivity index (χ1v) is 10.8. The molecule has 0 saturated carbocycles. The van der Waals surface area contributed by atoms with Crippen LogP contribution >= 0.6 is 0 Å². The molecule has 32 heavy (non-hydrogen) atoms. The van der Waals surface area contributed by atoms with E-state index in [2.05, 4.69) is 0 Å². The van der Waals surface area contributed by atoms with E-state index < -0.39 is 11.2 Å². The van der Waals surface area contributed by atoms with Gasteiger partial charge >= 0.3 is 11.2 Å². The second kappa shape index (κ2) is 8.15. The average molecular weight is 434 g/mol. The van der Waals surface area contributed by atoms with Gasteiger partial charge in [-0.05, 0) is 58.9 Å². The molecule has 2 aromatic heterocycles. The third kappa shape index (κ3) is 3.53. The van der Waals surface area contributed by atoms with Gasteiger partial charge in [0.1, 0.15) is 17.6 Å². The summed E-state index contributed by atoms with van der Waals surface area (Å²) in [4.78, 5) is 42.0. The van der Waals surface area contributed by atoms with Crippen LogP contribution in [-0.4, -0.2) is 32.0 Å². The fraction of sp³-hybridized carbons (Fsp3) is 0.320. The summed E-state index contributed by atoms with van der Waals surface area (Å²) in [6, 6.07) is 14.2. The molecule has 7 heteroatoms. The van der Waals surface area contributed by atoms with Crippen molar-refractivity contribution in [2.45, 2.75) is 53.2 Å². The van der Waals surface area contributed by atoms with Gasteiger partial charge in [-0.25, -0.2) is 9.36 Å². The molecule has 166 valence electrons. The van der Waals surface area contributed by atoms with Crippen molar-refractivity contribution in [2.24, 2.45) is 0 Å². The van der Waals surface area contributed by atoms with Gasteiger partial charge in [0.05, 0.1) is 5.69 Å². The fourth-order valence-electron chi connectivity index (χ4n) is 4.31. The van der Waals surface area contributed by atoms with Gasteiger partial charge in [0, 0.05) is 17.5 Å². The summed E-state index contributed by atoms with van der Waals surface area (Å²) in [6.45, 7) is 9.50. The van der Waals surface area contributed by atoms with E-state index in [0.717, 1.165) is 10.1 Å². The van der Waals surface area contributed by atoms with Crippen LogP contribution in [0.1, 0.15) is 33.3 Å². The molecule has 4 rings (SSSR count). The first-order valence-electron chi connectivity index (χ1n) is 10.8. The lowest BCUT2D eigenvalue weighted by molar-refractivity contribution is -0.135. The predicted molar refractivity (Wildman–Crippen MR) is 125 cm³/mol. The average Bonchev–Trinajstić information content (AvgIpc) is 3.12. The molecule has 4 aromatic rings. The number of aryl methyl sites for hydroxylation is 1. The molecule has 7 nitrogen and oxygen atoms in total. The smallest absolute Gasteiger partial charge is 0.336 e. The number of para-hydroxylation sites is 1. The minimum Gasteiger partial charge on any atom is -0.449 e. The van der Waals surface area contributed by atoms with E-state index in [1.165, 1.54) is 4.57 Å². The number of hydrogen-bond donors (Lipinski definition) is 0. The van der Waals surface area contributed by atoms with Crippen LogP contribution in [0.25, 0.3) is 27.8 Å². The second-order valence-electron chi connectivity index (χ2n) is 8.61. The van der Waals surface area contributed by atoms with E-state index in [0.29, 0.717) is 22.2 Å². The second-order valence-corrected chi connectivity index (χ2v) is 8.61. The summed E-state index contributed by atoms with van der Waals surface area (Å²) in [5.74, 6) is -0.196. The Labute approximate surface area is 185 Å². The first kappa shape index (κ1) is 21.6. The highest BCUT2D eigenvalue weighted by Crippen LogP contribution is 2.26. The maximum Gasteiger partial charge on any atom is 0.336 e. The molecule has 1 amide bonds. The van der Waals surface area contributed by atoms with E-state index in [1.54, 1.807) is 35.2 Å². The van der Waals surface area contributed by atoms with Gasteiger partial charge in [0.2, 0.25) is 11.5 Å². The zero-order valence-corrected chi connectivity index (χ0v) is 19.0. The number of carbonyl (C=O) groups is 1. The lowest BCUT2D eigenvalue weighted by Gasteiger charge is -2.31. The maximum absolute atomic E-state index is 13.6. The minimum absolute atomic E-state index is 0.0298. The van der Waals surface area contributed by atoms with Crippen molar-refractivity contribution in [1.29, 1.82) is 0 Å². The molecule has 0 N–H and O–H groups in total. The number of carbonyl (C=O) groups excluding carboxylic acids is 1. The Bertz CT molecular complexity index is 1410. The molecule has 0 fully saturated rings. The van der Waals surface area contributed by atoms with Crippen molar-refractivity contribution in [2.75, 3.05) is 0 Å². The molecule has 0 radical (unpaired) electrons. The Morgan fingerprint density at radius 1 is 0.969 bits per heavy atom. The summed E-state index contributed by atoms with van der Waals surface area (Å²) in [7, 11) is 0. The van der Waals surface area contributed by atoms with Crippen LogP contribution in [0.3, 0.4) is 0 Å². The fourth-order valence-corrected chi connectivity index (χ4v) is 4.31. The van der Waals surface area contributed by atoms with Gasteiger partial charge in [-0.3, -0.25) is 14.2 Å². The van der Waals surface area contributed by atoms with Crippen LogP contribution in [-0.2, 0) is 11.3 Å². The maximum atomic E-state index is 13.6. The van der Waals surface area contributed by atoms with Crippen molar-refractivity contribution < 1.29 is 9.21 Å². The van der Waals surface area contributed by atoms with Gasteiger partial charge in [-0.1, -0.05) is 29.8 Å². The van der Waals surface area contributed by atoms with E-state index in [9.17, 15) is 14.4 Å². The molecule has 0 unspecified atom stereocenters. The molecule has 0 bridgehead atoms. The van der Waals surface area contributed by atoms with Crippen LogP contribution in [0.5, 0.6) is 0 Å². The molecule has 0 saturated heterocycles. The Kier molecular flexibility index (Phi) is 5.50. The number of benzene rings is 2. The number of nitrogens with zero attached hydrogens (tertiary/aromatic N) is 3. The molecule has 0 atom stereocenters. The number of fused-ring (bicyclic) bond motifs is 3. The minimum atomic E-state index is -0.571. The topological polar surface area (TPSA) is 77.5 Å². The van der Waals surface area contributed by atoms with E-state index in [-0.39, 0.29) is 30.1 Å². The van der Waals surface area contributed by atoms with Crippen molar-refractivity contribution >= 4 is 28.0 Å². The standard InChI is InChI=1S/C25H27N3O4/c1-15(2)27(16(3)4)21(29)14-26-22-19-8-6-7-9-20(19)32-23(22)24(30)28(25(26)31)18-12-10-17(5)11-13-18/h6-13,15-16H,14H2,1-5H3. The quantitative estimate of drug-likeness (QED) is 0.479. The summed E-state index contributed by atoms with van der Waals surface area (Å²) in [6.07, 6.45) is 0. The van der Waals surface area contributed by atoms with Crippen molar-refractivity contribution in [3.8, 4) is 5.69 Å². The highest BCUT2D eigenvalue weighted by Gasteiger charge is 2.25. The van der Waals surface area contributed by atoms with Gasteiger partial charge in [-0.15, -0.1) is 0 Å². The molecule has 0 spiro atoms. The number of rotatable bonds is 5. The largest absolute Gasteiger partial charge is 0.449 e. The van der Waals surface area contributed by atoms with Gasteiger partial charge in [0.25, 0.3) is 0 Å². The SMILES string of the molecule is Cc1ccc(-n2c(=O)c3oc4ccccc4c3n(CC(=O)N(C(C)C)C(C)C)c2=O)cc1. The molecule has 2 aromatic carbocycles. The normalized spacial score (nSPS) is 11.7. The van der Waals surface area contributed by atoms with E-state index in [1.807, 2.05) is 52.8 Å². The van der Waals surface area contributed by atoms with Crippen LogP contribution in [0.4, 0.5) is 0 Å². The van der Waals surface area contributed by atoms with Gasteiger partial charge < -0.3 is 9.32 Å². The lowest BCUT2D eigenvalue weighted by atomic mass is 10.2. The number of hydrogen-bond acceptors (Lipinski definition) is 4. The molecule has 2 heterocycles. The highest BCUT2D eigenvalue weighted by molar-refractivity contribution is 6.02. The first-order chi connectivity index (χ1) is 15.2. The zero-order valence-electron chi connectivity index (χ0n) is 19.0. The van der Waals surface area contributed by atoms with E-state index >= 15 is 0 Å². The Morgan fingerprint density at radius 2 is 1.59 bits per heavy atom. The van der Waals surface area contributed by atoms with Crippen LogP contribution < -0.4 is 11.2 Å². The zero-order chi connectivity index (χ0) is 23.2. The van der Waals surface area contributed by atoms with Gasteiger partial charge in [0.15, 0.2) is 0 Å². The number of aromatic nitrogens is 2. The molecule has 0 aliphatic rings. The monoisotopic (exact) mass is 433 g/mol. The predicted octanol–water partition coefficient (Wildman–Crippen LogP) is 3.85. The summed E-state index contributed by atoms with van der Waals surface area (Å²) >= 11 is 0. The molecular weight excluding hydrogens is 406 g/mol. The summed E-state index contributed by atoms with van der Waals surface area (Å²) in [5.41, 5.74) is 1.22. The van der Waals surface area contributed by atoms with E-state index in [4.69, 9.17) is 4.42 Å². The summed E-state index contributed by atoms with van der Waals surface area (Å²) in [5, 5.41) is 0.626. The molecular formula is C25H27N3O4. The number of amides is 1. The van der Waals surface area contributed by atoms with Crippen molar-refractivity contribution in [3.63, 3.8) is 0 Å². The third-order valence-corrected chi connectivity index (χ3v) is 5.64. The van der Waals surface area contributed by atoms with Crippen LogP contribution in [0, 0.1) is 6.92 Å².